The molecule has 0 bridgehead atoms. The monoisotopic (exact) mass is 648 g/mol. The molecule has 0 saturated heterocycles. The third-order valence-corrected chi connectivity index (χ3v) is 9.10. The molecule has 0 amide bonds. The summed E-state index contributed by atoms with van der Waals surface area (Å²) in [5.41, 5.74) is 6.69. The summed E-state index contributed by atoms with van der Waals surface area (Å²) in [5, 5.41) is 11.4. The Kier molecular flexibility index (Phi) is 10.6. The first-order chi connectivity index (χ1) is 22.1. The first-order valence-corrected chi connectivity index (χ1v) is 16.4. The predicted octanol–water partition coefficient (Wildman–Crippen LogP) is 6.44. The summed E-state index contributed by atoms with van der Waals surface area (Å²) in [7, 11) is 4.33. The second kappa shape index (κ2) is 14.6. The van der Waals surface area contributed by atoms with E-state index >= 15 is 0 Å². The molecule has 2 aliphatic heterocycles. The number of aliphatic carboxylic acids is 1. The van der Waals surface area contributed by atoms with Gasteiger partial charge in [0.25, 0.3) is 5.82 Å². The van der Waals surface area contributed by atoms with Gasteiger partial charge < -0.3 is 19.7 Å². The lowest BCUT2D eigenvalue weighted by Gasteiger charge is -2.27. The number of alkyl halides is 3. The molecule has 2 aliphatic rings. The number of hydrogen-bond acceptors (Lipinski definition) is 6. The van der Waals surface area contributed by atoms with E-state index in [0.717, 1.165) is 39.0 Å². The summed E-state index contributed by atoms with van der Waals surface area (Å²) >= 11 is 1.93. The molecule has 0 atom stereocenters. The number of rotatable bonds is 9. The van der Waals surface area contributed by atoms with Crippen LogP contribution >= 0.6 is 11.8 Å². The number of aryl methyl sites for hydroxylation is 1. The first kappa shape index (κ1) is 33.3. The van der Waals surface area contributed by atoms with Crippen LogP contribution in [0, 0.1) is 0 Å². The molecule has 3 aromatic carbocycles. The fourth-order valence-corrected chi connectivity index (χ4v) is 7.22. The molecule has 3 heterocycles. The Labute approximate surface area is 272 Å². The topological polar surface area (TPSA) is 53.7 Å². The number of carbonyl (C=O) groups is 1. The largest absolute Gasteiger partial charge is 0.542 e. The minimum absolute atomic E-state index is 1.03. The van der Waals surface area contributed by atoms with Gasteiger partial charge in [-0.25, -0.2) is 0 Å². The van der Waals surface area contributed by atoms with Gasteiger partial charge in [0.2, 0.25) is 0 Å². The Morgan fingerprint density at radius 3 is 2.41 bits per heavy atom. The molecular weight excluding hydrogens is 609 g/mol. The summed E-state index contributed by atoms with van der Waals surface area (Å²) in [5.74, 6) is -1.74. The molecule has 0 fully saturated rings. The number of nitrogens with zero attached hydrogens (tertiary/aromatic N) is 4. The van der Waals surface area contributed by atoms with E-state index in [-0.39, 0.29) is 0 Å². The van der Waals surface area contributed by atoms with Crippen LogP contribution in [0.2, 0.25) is 0 Å². The highest BCUT2D eigenvalue weighted by molar-refractivity contribution is 8.03. The summed E-state index contributed by atoms with van der Waals surface area (Å²) in [6, 6.07) is 29.1. The minimum Gasteiger partial charge on any atom is -0.542 e. The van der Waals surface area contributed by atoms with Crippen LogP contribution in [0.5, 0.6) is 0 Å². The van der Waals surface area contributed by atoms with Crippen molar-refractivity contribution in [3.63, 3.8) is 0 Å². The number of pyridine rings is 1. The lowest BCUT2D eigenvalue weighted by Crippen LogP contribution is -2.42. The number of para-hydroxylation sites is 3. The fourth-order valence-electron chi connectivity index (χ4n) is 6.03. The lowest BCUT2D eigenvalue weighted by atomic mass is 10.0. The quantitative estimate of drug-likeness (QED) is 0.195. The van der Waals surface area contributed by atoms with Gasteiger partial charge in [-0.2, -0.15) is 17.7 Å². The van der Waals surface area contributed by atoms with Gasteiger partial charge in [0.1, 0.15) is 17.2 Å². The molecule has 1 aromatic heterocycles. The van der Waals surface area contributed by atoms with Crippen molar-refractivity contribution in [1.29, 1.82) is 0 Å². The Bertz CT molecular complexity index is 1710. The normalized spacial score (nSPS) is 14.8. The zero-order valence-electron chi connectivity index (χ0n) is 26.4. The number of halogens is 3. The van der Waals surface area contributed by atoms with Crippen LogP contribution in [0.25, 0.3) is 22.7 Å². The summed E-state index contributed by atoms with van der Waals surface area (Å²) in [6.45, 7) is 6.53. The number of hydrogen-bond donors (Lipinski definition) is 0. The average Bonchev–Trinajstić information content (AvgIpc) is 3.39. The molecule has 0 saturated carbocycles. The van der Waals surface area contributed by atoms with Gasteiger partial charge in [-0.05, 0) is 81.2 Å². The van der Waals surface area contributed by atoms with Crippen molar-refractivity contribution in [2.45, 2.75) is 43.7 Å². The zero-order valence-corrected chi connectivity index (χ0v) is 27.2. The van der Waals surface area contributed by atoms with Crippen molar-refractivity contribution in [2.75, 3.05) is 50.1 Å². The number of carbonyl (C=O) groups excluding carboxylic acids is 1. The zero-order chi connectivity index (χ0) is 32.8. The van der Waals surface area contributed by atoms with Crippen LogP contribution < -0.4 is 19.5 Å². The highest BCUT2D eigenvalue weighted by Crippen LogP contribution is 2.50. The van der Waals surface area contributed by atoms with Crippen molar-refractivity contribution in [3.05, 3.63) is 95.0 Å². The molecule has 6 rings (SSSR count). The number of aromatic nitrogens is 1. The van der Waals surface area contributed by atoms with Crippen LogP contribution in [-0.2, 0) is 11.2 Å². The van der Waals surface area contributed by atoms with E-state index in [1.807, 2.05) is 11.8 Å². The number of fused-ring (bicyclic) bond motifs is 1. The number of carboxylic acids is 1. The van der Waals surface area contributed by atoms with E-state index in [4.69, 9.17) is 9.90 Å². The lowest BCUT2D eigenvalue weighted by molar-refractivity contribution is -0.553. The Morgan fingerprint density at radius 2 is 1.72 bits per heavy atom. The maximum atomic E-state index is 10.5. The first-order valence-electron chi connectivity index (χ1n) is 15.6. The molecule has 0 N–H and O–H groups in total. The Hall–Kier alpha value is -4.02. The molecule has 0 radical (unpaired) electrons. The van der Waals surface area contributed by atoms with E-state index in [0.29, 0.717) is 0 Å². The number of carboxylic acid groups (broad SMARTS) is 1. The van der Waals surface area contributed by atoms with Crippen molar-refractivity contribution < 1.29 is 27.6 Å². The highest BCUT2D eigenvalue weighted by atomic mass is 32.2. The third kappa shape index (κ3) is 7.50. The average molecular weight is 649 g/mol. The molecule has 10 heteroatoms. The Morgan fingerprint density at radius 1 is 1.00 bits per heavy atom. The smallest absolute Gasteiger partial charge is 0.430 e. The number of benzene rings is 3. The van der Waals surface area contributed by atoms with E-state index in [1.54, 1.807) is 0 Å². The van der Waals surface area contributed by atoms with Crippen molar-refractivity contribution in [2.24, 2.45) is 0 Å². The van der Waals surface area contributed by atoms with Gasteiger partial charge in [-0.1, -0.05) is 67.2 Å². The van der Waals surface area contributed by atoms with Crippen LogP contribution in [0.3, 0.4) is 0 Å². The molecule has 0 unspecified atom stereocenters. The summed E-state index contributed by atoms with van der Waals surface area (Å²) in [6.07, 6.45) is 1.89. The van der Waals surface area contributed by atoms with Crippen molar-refractivity contribution >= 4 is 46.2 Å². The summed E-state index contributed by atoms with van der Waals surface area (Å²) in [4.78, 5) is 17.6. The van der Waals surface area contributed by atoms with Crippen molar-refractivity contribution in [1.82, 2.24) is 4.90 Å². The van der Waals surface area contributed by atoms with Crippen LogP contribution in [0.15, 0.2) is 88.8 Å². The SMILES string of the molecule is CCCN(CCCN(C)C)c1cc(/C=C2/Sc3cccc4c3N2CCC4)c2ccccc2[n+]1-c1ccccc1.O=C([O-])C(F)(F)F. The van der Waals surface area contributed by atoms with Crippen LogP contribution in [-0.4, -0.2) is 57.3 Å². The second-order valence-corrected chi connectivity index (χ2v) is 12.7. The van der Waals surface area contributed by atoms with Gasteiger partial charge >= 0.3 is 6.18 Å². The molecule has 46 heavy (non-hydrogen) atoms. The summed E-state index contributed by atoms with van der Waals surface area (Å²) < 4.78 is 34.0. The standard InChI is InChI=1S/C34H39N4S.C2HF3O2/c1-4-20-36(22-12-21-35(2)3)32-24-27(25-33-37-23-11-14-26-13-10-19-31(39-33)34(26)37)29-17-8-9-18-30(29)38(32)28-15-6-5-7-16-28;3-2(4,5)1(6)7/h5-10,13,15-19,24-25H,4,11-12,14,20-23H2,1-3H3;(H,6,7)/q+1;/p-1. The van der Waals surface area contributed by atoms with Crippen molar-refractivity contribution in [3.8, 4) is 5.69 Å². The van der Waals surface area contributed by atoms with Crippen LogP contribution in [0.4, 0.5) is 24.7 Å². The maximum Gasteiger partial charge on any atom is 0.430 e. The van der Waals surface area contributed by atoms with E-state index in [1.165, 1.54) is 62.0 Å². The van der Waals surface area contributed by atoms with Crippen LogP contribution in [0.1, 0.15) is 37.3 Å². The van der Waals surface area contributed by atoms with E-state index in [9.17, 15) is 13.2 Å². The number of anilines is 2. The van der Waals surface area contributed by atoms with E-state index in [2.05, 4.69) is 125 Å². The molecule has 242 valence electrons. The third-order valence-electron chi connectivity index (χ3n) is 8.01. The second-order valence-electron chi connectivity index (χ2n) is 11.7. The minimum atomic E-state index is -5.19. The van der Waals surface area contributed by atoms with Gasteiger partial charge in [-0.15, -0.1) is 0 Å². The van der Waals surface area contributed by atoms with Gasteiger partial charge in [0.05, 0.1) is 23.8 Å². The molecule has 0 spiro atoms. The molecular formula is C36H39F3N4O2S. The van der Waals surface area contributed by atoms with Gasteiger partial charge in [0.15, 0.2) is 0 Å². The van der Waals surface area contributed by atoms with Gasteiger partial charge in [-0.3, -0.25) is 4.90 Å². The van der Waals surface area contributed by atoms with E-state index < -0.39 is 12.1 Å². The molecule has 6 nitrogen and oxygen atoms in total. The maximum absolute atomic E-state index is 10.5. The Balaban J connectivity index is 0.000000537. The fraction of sp³-hybridized carbons (Fsp3) is 0.333. The van der Waals surface area contributed by atoms with Gasteiger partial charge in [0, 0.05) is 29.4 Å². The predicted molar refractivity (Wildman–Crippen MR) is 178 cm³/mol. The highest BCUT2D eigenvalue weighted by Gasteiger charge is 2.31. The molecule has 4 aromatic rings. The number of thioether (sulfide) groups is 1. The molecule has 0 aliphatic carbocycles.